The third-order valence-electron chi connectivity index (χ3n) is 11.1. The Kier molecular flexibility index (Phi) is 7.72. The maximum Gasteiger partial charge on any atom is 0.303 e. The molecule has 9 atom stereocenters. The average Bonchev–Trinajstić information content (AvgIpc) is 3.13. The number of carbonyl (C=O) groups is 2. The van der Waals surface area contributed by atoms with Gasteiger partial charge in [-0.1, -0.05) is 32.4 Å². The van der Waals surface area contributed by atoms with Crippen LogP contribution in [-0.4, -0.2) is 29.8 Å². The molecule has 204 valence electrons. The first kappa shape index (κ1) is 27.6. The van der Waals surface area contributed by atoms with Crippen molar-refractivity contribution in [1.29, 1.82) is 0 Å². The van der Waals surface area contributed by atoms with Crippen LogP contribution in [0.15, 0.2) is 11.6 Å². The number of carbonyl (C=O) groups excluding carboxylic acids is 2. The Morgan fingerprint density at radius 3 is 2.44 bits per heavy atom. The molecule has 0 heterocycles. The SMILES string of the molecule is CC(=O)OC(CC[C@@H](C)[C@H]1CC[C@H]2[C@@H]3CC=C4CCC[C@H](OC(C)=O)[C@]4(C)[C@H]3CC[C@]12C)C(C)(C)F. The molecule has 0 amide bonds. The van der Waals surface area contributed by atoms with Gasteiger partial charge in [-0.3, -0.25) is 9.59 Å². The molecule has 0 spiro atoms. The molecule has 36 heavy (non-hydrogen) atoms. The van der Waals surface area contributed by atoms with Crippen LogP contribution in [0.5, 0.6) is 0 Å². The molecule has 4 nitrogen and oxygen atoms in total. The lowest BCUT2D eigenvalue weighted by atomic mass is 9.46. The molecule has 0 aromatic carbocycles. The van der Waals surface area contributed by atoms with Gasteiger partial charge in [0.25, 0.3) is 0 Å². The second-order valence-corrected chi connectivity index (χ2v) is 13.6. The van der Waals surface area contributed by atoms with Crippen molar-refractivity contribution < 1.29 is 23.5 Å². The van der Waals surface area contributed by atoms with E-state index in [1.807, 2.05) is 0 Å². The van der Waals surface area contributed by atoms with Crippen LogP contribution in [-0.2, 0) is 19.1 Å². The van der Waals surface area contributed by atoms with Gasteiger partial charge in [-0.05, 0) is 113 Å². The third kappa shape index (κ3) is 4.89. The molecule has 1 unspecified atom stereocenters. The minimum atomic E-state index is -1.54. The molecule has 0 saturated heterocycles. The second kappa shape index (κ2) is 10.1. The van der Waals surface area contributed by atoms with Crippen molar-refractivity contribution in [2.45, 2.75) is 131 Å². The molecular weight excluding hydrogens is 455 g/mol. The number of hydrogen-bond donors (Lipinski definition) is 0. The van der Waals surface area contributed by atoms with Crippen molar-refractivity contribution >= 4 is 11.9 Å². The van der Waals surface area contributed by atoms with Gasteiger partial charge >= 0.3 is 11.9 Å². The summed E-state index contributed by atoms with van der Waals surface area (Å²) in [6, 6.07) is 0. The quantitative estimate of drug-likeness (QED) is 0.265. The minimum absolute atomic E-state index is 0.00513. The van der Waals surface area contributed by atoms with E-state index >= 15 is 0 Å². The van der Waals surface area contributed by atoms with Crippen molar-refractivity contribution in [2.24, 2.45) is 40.4 Å². The van der Waals surface area contributed by atoms with Gasteiger partial charge in [0.05, 0.1) is 0 Å². The van der Waals surface area contributed by atoms with Crippen LogP contribution in [0, 0.1) is 40.4 Å². The van der Waals surface area contributed by atoms with Gasteiger partial charge in [0.15, 0.2) is 0 Å². The standard InChI is InChI=1S/C31H49FO4/c1-19(11-16-27(29(4,5)32)35-20(2)33)24-14-15-25-23-13-12-22-9-8-10-28(36-21(3)34)31(22,7)26(23)17-18-30(24,25)6/h12,19,23-28H,8-11,13-18H2,1-7H3/t19-,23+,24-,25+,26+,27?,28+,30-,31+/m1/s1. The van der Waals surface area contributed by atoms with E-state index in [4.69, 9.17) is 9.47 Å². The molecule has 3 fully saturated rings. The lowest BCUT2D eigenvalue weighted by Gasteiger charge is -2.59. The highest BCUT2D eigenvalue weighted by atomic mass is 19.1. The monoisotopic (exact) mass is 504 g/mol. The molecule has 0 aromatic rings. The third-order valence-corrected chi connectivity index (χ3v) is 11.1. The number of alkyl halides is 1. The van der Waals surface area contributed by atoms with E-state index < -0.39 is 17.7 Å². The van der Waals surface area contributed by atoms with Crippen molar-refractivity contribution in [2.75, 3.05) is 0 Å². The molecule has 4 aliphatic rings. The average molecular weight is 505 g/mol. The molecule has 3 saturated carbocycles. The number of halogens is 1. The molecule has 0 N–H and O–H groups in total. The zero-order valence-corrected chi connectivity index (χ0v) is 23.7. The van der Waals surface area contributed by atoms with E-state index in [0.29, 0.717) is 36.0 Å². The zero-order valence-electron chi connectivity index (χ0n) is 23.7. The Morgan fingerprint density at radius 1 is 1.08 bits per heavy atom. The van der Waals surface area contributed by atoms with E-state index in [1.165, 1.54) is 52.0 Å². The predicted molar refractivity (Wildman–Crippen MR) is 140 cm³/mol. The summed E-state index contributed by atoms with van der Waals surface area (Å²) in [5.41, 5.74) is 0.266. The Morgan fingerprint density at radius 2 is 1.81 bits per heavy atom. The van der Waals surface area contributed by atoms with E-state index in [1.54, 1.807) is 6.92 Å². The number of hydrogen-bond acceptors (Lipinski definition) is 4. The van der Waals surface area contributed by atoms with Gasteiger partial charge in [0, 0.05) is 19.3 Å². The number of rotatable bonds is 7. The van der Waals surface area contributed by atoms with Gasteiger partial charge in [-0.15, -0.1) is 0 Å². The number of allylic oxidation sites excluding steroid dienone is 1. The maximum atomic E-state index is 14.7. The topological polar surface area (TPSA) is 52.6 Å². The normalized spacial score (nSPS) is 39.7. The second-order valence-electron chi connectivity index (χ2n) is 13.6. The Labute approximate surface area is 218 Å². The molecule has 4 rings (SSSR count). The van der Waals surface area contributed by atoms with Crippen LogP contribution in [0.25, 0.3) is 0 Å². The summed E-state index contributed by atoms with van der Waals surface area (Å²) in [5, 5.41) is 0. The Balaban J connectivity index is 1.50. The van der Waals surface area contributed by atoms with E-state index in [9.17, 15) is 14.0 Å². The molecule has 0 bridgehead atoms. The molecule has 4 aliphatic carbocycles. The molecule has 0 aromatic heterocycles. The summed E-state index contributed by atoms with van der Waals surface area (Å²) >= 11 is 0. The number of fused-ring (bicyclic) bond motifs is 5. The van der Waals surface area contributed by atoms with Crippen LogP contribution in [0.1, 0.15) is 113 Å². The molecule has 0 aliphatic heterocycles. The largest absolute Gasteiger partial charge is 0.462 e. The van der Waals surface area contributed by atoms with Crippen LogP contribution in [0.4, 0.5) is 4.39 Å². The van der Waals surface area contributed by atoms with Crippen LogP contribution >= 0.6 is 0 Å². The molecule has 5 heteroatoms. The Bertz CT molecular complexity index is 874. The van der Waals surface area contributed by atoms with Crippen molar-refractivity contribution in [3.05, 3.63) is 11.6 Å². The number of ether oxygens (including phenoxy) is 2. The summed E-state index contributed by atoms with van der Waals surface area (Å²) in [6.45, 7) is 13.2. The fourth-order valence-corrected chi connectivity index (χ4v) is 9.41. The van der Waals surface area contributed by atoms with Crippen LogP contribution in [0.3, 0.4) is 0 Å². The van der Waals surface area contributed by atoms with Crippen LogP contribution in [0.2, 0.25) is 0 Å². The molecule has 0 radical (unpaired) electrons. The fraction of sp³-hybridized carbons (Fsp3) is 0.871. The smallest absolute Gasteiger partial charge is 0.303 e. The molecular formula is C31H49FO4. The predicted octanol–water partition coefficient (Wildman–Crippen LogP) is 7.59. The highest BCUT2D eigenvalue weighted by molar-refractivity contribution is 5.66. The fourth-order valence-electron chi connectivity index (χ4n) is 9.41. The summed E-state index contributed by atoms with van der Waals surface area (Å²) in [5.74, 6) is 2.42. The van der Waals surface area contributed by atoms with Gasteiger partial charge in [0.1, 0.15) is 17.9 Å². The first-order valence-corrected chi connectivity index (χ1v) is 14.5. The zero-order chi connectivity index (χ0) is 26.5. The lowest BCUT2D eigenvalue weighted by Crippen LogP contribution is -2.55. The van der Waals surface area contributed by atoms with Gasteiger partial charge in [-0.25, -0.2) is 4.39 Å². The van der Waals surface area contributed by atoms with Crippen LogP contribution < -0.4 is 0 Å². The van der Waals surface area contributed by atoms with Crippen molar-refractivity contribution in [3.8, 4) is 0 Å². The number of esters is 2. The summed E-state index contributed by atoms with van der Waals surface area (Å²) in [4.78, 5) is 23.5. The van der Waals surface area contributed by atoms with Crippen molar-refractivity contribution in [1.82, 2.24) is 0 Å². The summed E-state index contributed by atoms with van der Waals surface area (Å²) in [7, 11) is 0. The first-order chi connectivity index (χ1) is 16.8. The van der Waals surface area contributed by atoms with E-state index in [2.05, 4.69) is 26.8 Å². The minimum Gasteiger partial charge on any atom is -0.462 e. The summed E-state index contributed by atoms with van der Waals surface area (Å²) < 4.78 is 26.1. The maximum absolute atomic E-state index is 14.7. The van der Waals surface area contributed by atoms with Crippen molar-refractivity contribution in [3.63, 3.8) is 0 Å². The summed E-state index contributed by atoms with van der Waals surface area (Å²) in [6.07, 6.45) is 12.6. The van der Waals surface area contributed by atoms with Gasteiger partial charge < -0.3 is 9.47 Å². The van der Waals surface area contributed by atoms with Gasteiger partial charge in [-0.2, -0.15) is 0 Å². The van der Waals surface area contributed by atoms with E-state index in [-0.39, 0.29) is 22.9 Å². The van der Waals surface area contributed by atoms with Gasteiger partial charge in [0.2, 0.25) is 0 Å². The highest BCUT2D eigenvalue weighted by Gasteiger charge is 2.61. The lowest BCUT2D eigenvalue weighted by molar-refractivity contribution is -0.162. The Hall–Kier alpha value is -1.39. The first-order valence-electron chi connectivity index (χ1n) is 14.5. The highest BCUT2D eigenvalue weighted by Crippen LogP contribution is 2.67. The van der Waals surface area contributed by atoms with E-state index in [0.717, 1.165) is 32.1 Å².